The number of likely N-dealkylation sites (N-methyl/N-ethyl adjacent to an activating group) is 2. The second kappa shape index (κ2) is 6.06. The fraction of sp³-hybridized carbons (Fsp3) is 0.800. The van der Waals surface area contributed by atoms with Crippen LogP contribution in [0.25, 0.3) is 0 Å². The molecule has 0 aromatic carbocycles. The van der Waals surface area contributed by atoms with Gasteiger partial charge in [-0.3, -0.25) is 4.68 Å². The smallest absolute Gasteiger partial charge is 0.0676 e. The number of hydrogen-bond acceptors (Lipinski definition) is 3. The van der Waals surface area contributed by atoms with Crippen LogP contribution in [0.3, 0.4) is 0 Å². The molecule has 1 saturated carbocycles. The van der Waals surface area contributed by atoms with Crippen molar-refractivity contribution in [2.75, 3.05) is 21.1 Å². The predicted molar refractivity (Wildman–Crippen MR) is 79.1 cm³/mol. The lowest BCUT2D eigenvalue weighted by molar-refractivity contribution is 0.0800. The number of aryl methyl sites for hydroxylation is 1. The van der Waals surface area contributed by atoms with Crippen molar-refractivity contribution in [1.82, 2.24) is 20.0 Å². The van der Waals surface area contributed by atoms with Crippen LogP contribution < -0.4 is 5.32 Å². The zero-order valence-corrected chi connectivity index (χ0v) is 12.8. The lowest BCUT2D eigenvalue weighted by Crippen LogP contribution is -2.53. The quantitative estimate of drug-likeness (QED) is 0.847. The van der Waals surface area contributed by atoms with E-state index in [0.717, 1.165) is 0 Å². The number of hydrogen-bond donors (Lipinski definition) is 1. The van der Waals surface area contributed by atoms with Crippen LogP contribution in [0.4, 0.5) is 0 Å². The molecule has 1 fully saturated rings. The lowest BCUT2D eigenvalue weighted by Gasteiger charge is -2.45. The van der Waals surface area contributed by atoms with E-state index in [0.29, 0.717) is 6.04 Å². The summed E-state index contributed by atoms with van der Waals surface area (Å²) in [7, 11) is 8.57. The molecule has 0 spiro atoms. The van der Waals surface area contributed by atoms with Crippen LogP contribution in [0.2, 0.25) is 0 Å². The number of nitrogens with zero attached hydrogens (tertiary/aromatic N) is 3. The summed E-state index contributed by atoms with van der Waals surface area (Å²) in [6.07, 6.45) is 9.82. The summed E-state index contributed by atoms with van der Waals surface area (Å²) < 4.78 is 2.01. The van der Waals surface area contributed by atoms with E-state index in [1.807, 2.05) is 17.9 Å². The fourth-order valence-electron chi connectivity index (χ4n) is 3.69. The molecule has 1 aromatic rings. The largest absolute Gasteiger partial charge is 0.310 e. The van der Waals surface area contributed by atoms with Gasteiger partial charge in [-0.05, 0) is 40.1 Å². The molecule has 1 N–H and O–H groups in total. The highest BCUT2D eigenvalue weighted by molar-refractivity contribution is 5.15. The fourth-order valence-corrected chi connectivity index (χ4v) is 3.69. The molecule has 1 unspecified atom stereocenters. The minimum atomic E-state index is 0.207. The summed E-state index contributed by atoms with van der Waals surface area (Å²) in [5.41, 5.74) is 1.50. The Hall–Kier alpha value is -0.870. The maximum Gasteiger partial charge on any atom is 0.0676 e. The van der Waals surface area contributed by atoms with E-state index in [1.165, 1.54) is 44.2 Å². The first-order chi connectivity index (χ1) is 9.12. The van der Waals surface area contributed by atoms with Gasteiger partial charge in [0.1, 0.15) is 0 Å². The normalized spacial score (nSPS) is 21.3. The molecule has 1 atom stereocenters. The molecule has 1 aliphatic rings. The monoisotopic (exact) mass is 264 g/mol. The van der Waals surface area contributed by atoms with E-state index in [4.69, 9.17) is 0 Å². The van der Waals surface area contributed by atoms with Crippen molar-refractivity contribution in [3.05, 3.63) is 18.0 Å². The second-order valence-corrected chi connectivity index (χ2v) is 6.01. The van der Waals surface area contributed by atoms with Gasteiger partial charge in [0, 0.05) is 18.8 Å². The maximum atomic E-state index is 4.35. The molecular formula is C15H28N4. The van der Waals surface area contributed by atoms with E-state index < -0.39 is 0 Å². The molecule has 0 amide bonds. The Balaban J connectivity index is 2.37. The highest BCUT2D eigenvalue weighted by Gasteiger charge is 2.42. The van der Waals surface area contributed by atoms with E-state index in [9.17, 15) is 0 Å². The van der Waals surface area contributed by atoms with Gasteiger partial charge in [-0.25, -0.2) is 0 Å². The van der Waals surface area contributed by atoms with Crippen LogP contribution >= 0.6 is 0 Å². The van der Waals surface area contributed by atoms with Gasteiger partial charge >= 0.3 is 0 Å². The number of aromatic nitrogens is 2. The summed E-state index contributed by atoms with van der Waals surface area (Å²) in [4.78, 5) is 2.44. The Labute approximate surface area is 117 Å². The van der Waals surface area contributed by atoms with Gasteiger partial charge in [0.2, 0.25) is 0 Å². The van der Waals surface area contributed by atoms with Gasteiger partial charge in [-0.2, -0.15) is 5.10 Å². The van der Waals surface area contributed by atoms with Gasteiger partial charge in [0.05, 0.1) is 11.7 Å². The first-order valence-electron chi connectivity index (χ1n) is 7.44. The Morgan fingerprint density at radius 2 is 1.89 bits per heavy atom. The van der Waals surface area contributed by atoms with Crippen LogP contribution in [-0.4, -0.2) is 41.4 Å². The molecule has 4 nitrogen and oxygen atoms in total. The van der Waals surface area contributed by atoms with Crippen LogP contribution in [0.15, 0.2) is 12.3 Å². The topological polar surface area (TPSA) is 33.1 Å². The molecule has 19 heavy (non-hydrogen) atoms. The van der Waals surface area contributed by atoms with Gasteiger partial charge in [-0.15, -0.1) is 0 Å². The van der Waals surface area contributed by atoms with Crippen molar-refractivity contribution in [1.29, 1.82) is 0 Å². The minimum absolute atomic E-state index is 0.207. The van der Waals surface area contributed by atoms with Crippen molar-refractivity contribution >= 4 is 0 Å². The van der Waals surface area contributed by atoms with E-state index >= 15 is 0 Å². The van der Waals surface area contributed by atoms with Crippen LogP contribution in [0, 0.1) is 0 Å². The SMILES string of the molecule is CNC(c1ccnn1C)C1(N(C)C)CCCCCC1. The standard InChI is InChI=1S/C15H28N4/c1-16-14(13-9-12-17-19(13)4)15(18(2)3)10-7-5-6-8-11-15/h9,12,14,16H,5-8,10-11H2,1-4H3. The molecular weight excluding hydrogens is 236 g/mol. The predicted octanol–water partition coefficient (Wildman–Crippen LogP) is 2.34. The summed E-state index contributed by atoms with van der Waals surface area (Å²) in [5.74, 6) is 0. The van der Waals surface area contributed by atoms with Crippen molar-refractivity contribution in [2.45, 2.75) is 50.1 Å². The summed E-state index contributed by atoms with van der Waals surface area (Å²) in [6.45, 7) is 0. The first-order valence-corrected chi connectivity index (χ1v) is 7.44. The molecule has 2 rings (SSSR count). The van der Waals surface area contributed by atoms with E-state index in [1.54, 1.807) is 0 Å². The Kier molecular flexibility index (Phi) is 4.63. The maximum absolute atomic E-state index is 4.35. The lowest BCUT2D eigenvalue weighted by atomic mass is 9.79. The first kappa shape index (κ1) is 14.5. The van der Waals surface area contributed by atoms with Crippen molar-refractivity contribution < 1.29 is 0 Å². The summed E-state index contributed by atoms with van der Waals surface area (Å²) in [5, 5.41) is 7.91. The summed E-state index contributed by atoms with van der Waals surface area (Å²) >= 11 is 0. The Morgan fingerprint density at radius 3 is 2.32 bits per heavy atom. The van der Waals surface area contributed by atoms with Gasteiger partial charge in [0.15, 0.2) is 0 Å². The van der Waals surface area contributed by atoms with Gasteiger partial charge in [0.25, 0.3) is 0 Å². The van der Waals surface area contributed by atoms with Gasteiger partial charge < -0.3 is 10.2 Å². The van der Waals surface area contributed by atoms with Crippen LogP contribution in [0.5, 0.6) is 0 Å². The highest BCUT2D eigenvalue weighted by Crippen LogP contribution is 2.40. The van der Waals surface area contributed by atoms with Crippen LogP contribution in [-0.2, 0) is 7.05 Å². The third-order valence-corrected chi connectivity index (χ3v) is 4.84. The zero-order valence-electron chi connectivity index (χ0n) is 12.8. The van der Waals surface area contributed by atoms with Crippen LogP contribution in [0.1, 0.15) is 50.3 Å². The molecule has 1 aromatic heterocycles. The Morgan fingerprint density at radius 1 is 1.26 bits per heavy atom. The Bertz CT molecular complexity index is 389. The van der Waals surface area contributed by atoms with Crippen molar-refractivity contribution in [3.8, 4) is 0 Å². The zero-order chi connectivity index (χ0) is 13.9. The van der Waals surface area contributed by atoms with Gasteiger partial charge in [-0.1, -0.05) is 25.7 Å². The molecule has 0 radical (unpaired) electrons. The molecule has 4 heteroatoms. The molecule has 1 aliphatic carbocycles. The molecule has 1 heterocycles. The van der Waals surface area contributed by atoms with E-state index in [2.05, 4.69) is 42.5 Å². The molecule has 108 valence electrons. The molecule has 0 bridgehead atoms. The third-order valence-electron chi connectivity index (χ3n) is 4.84. The number of rotatable bonds is 4. The third kappa shape index (κ3) is 2.70. The minimum Gasteiger partial charge on any atom is -0.310 e. The average Bonchev–Trinajstić information content (AvgIpc) is 2.67. The highest BCUT2D eigenvalue weighted by atomic mass is 15.3. The second-order valence-electron chi connectivity index (χ2n) is 6.01. The van der Waals surface area contributed by atoms with Crippen molar-refractivity contribution in [3.63, 3.8) is 0 Å². The average molecular weight is 264 g/mol. The molecule has 0 saturated heterocycles. The number of nitrogens with one attached hydrogen (secondary N) is 1. The van der Waals surface area contributed by atoms with E-state index in [-0.39, 0.29) is 5.54 Å². The molecule has 0 aliphatic heterocycles. The summed E-state index contributed by atoms with van der Waals surface area (Å²) in [6, 6.07) is 2.49. The van der Waals surface area contributed by atoms with Crippen molar-refractivity contribution in [2.24, 2.45) is 7.05 Å².